The second-order valence-electron chi connectivity index (χ2n) is 5.65. The Balaban J connectivity index is 1.95. The van der Waals surface area contributed by atoms with Crippen LogP contribution in [-0.4, -0.2) is 23.5 Å². The van der Waals surface area contributed by atoms with Crippen molar-refractivity contribution in [2.45, 2.75) is 51.9 Å². The lowest BCUT2D eigenvalue weighted by atomic mass is 10.0. The van der Waals surface area contributed by atoms with Gasteiger partial charge in [0.1, 0.15) is 0 Å². The number of amides is 1. The molecule has 1 aliphatic carbocycles. The van der Waals surface area contributed by atoms with Crippen molar-refractivity contribution in [2.75, 3.05) is 6.54 Å². The monoisotopic (exact) mass is 309 g/mol. The molecule has 0 aliphatic heterocycles. The molecule has 0 fully saturated rings. The highest BCUT2D eigenvalue weighted by Gasteiger charge is 2.20. The minimum atomic E-state index is -0.834. The lowest BCUT2D eigenvalue weighted by Gasteiger charge is -2.11. The molecule has 0 bridgehead atoms. The molecule has 116 valence electrons. The summed E-state index contributed by atoms with van der Waals surface area (Å²) in [5.41, 5.74) is 1.31. The van der Waals surface area contributed by atoms with E-state index >= 15 is 0 Å². The summed E-state index contributed by atoms with van der Waals surface area (Å²) in [5, 5.41) is 11.9. The molecular weight excluding hydrogens is 286 g/mol. The number of fused-ring (bicyclic) bond motifs is 1. The van der Waals surface area contributed by atoms with Crippen LogP contribution in [0.15, 0.2) is 6.07 Å². The standard InChI is InChI=1S/C16H23NO3S/c1-2-6-12(16(19)20)10-17-15(18)14-9-11-7-4-3-5-8-13(11)21-14/h9,12H,2-8,10H2,1H3,(H,17,18)(H,19,20). The topological polar surface area (TPSA) is 66.4 Å². The zero-order valence-corrected chi connectivity index (χ0v) is 13.3. The molecule has 5 heteroatoms. The number of hydrogen-bond acceptors (Lipinski definition) is 3. The van der Waals surface area contributed by atoms with Crippen molar-refractivity contribution in [1.82, 2.24) is 5.32 Å². The zero-order valence-electron chi connectivity index (χ0n) is 12.5. The summed E-state index contributed by atoms with van der Waals surface area (Å²) in [5.74, 6) is -1.45. The third-order valence-corrected chi connectivity index (χ3v) is 5.20. The van der Waals surface area contributed by atoms with Crippen molar-refractivity contribution in [3.63, 3.8) is 0 Å². The summed E-state index contributed by atoms with van der Waals surface area (Å²) >= 11 is 1.57. The molecule has 1 atom stereocenters. The van der Waals surface area contributed by atoms with Crippen LogP contribution in [-0.2, 0) is 17.6 Å². The van der Waals surface area contributed by atoms with Gasteiger partial charge in [-0.3, -0.25) is 9.59 Å². The summed E-state index contributed by atoms with van der Waals surface area (Å²) in [6.07, 6.45) is 7.19. The maximum Gasteiger partial charge on any atom is 0.308 e. The Morgan fingerprint density at radius 2 is 2.10 bits per heavy atom. The van der Waals surface area contributed by atoms with Gasteiger partial charge in [-0.15, -0.1) is 11.3 Å². The molecule has 21 heavy (non-hydrogen) atoms. The Bertz CT molecular complexity index is 486. The number of aryl methyl sites for hydroxylation is 2. The second-order valence-corrected chi connectivity index (χ2v) is 6.79. The van der Waals surface area contributed by atoms with E-state index in [0.717, 1.165) is 24.1 Å². The quantitative estimate of drug-likeness (QED) is 0.793. The third kappa shape index (κ3) is 4.30. The van der Waals surface area contributed by atoms with Crippen LogP contribution in [0.3, 0.4) is 0 Å². The summed E-state index contributed by atoms with van der Waals surface area (Å²) in [7, 11) is 0. The molecule has 2 rings (SSSR count). The van der Waals surface area contributed by atoms with Crippen molar-refractivity contribution < 1.29 is 14.7 Å². The van der Waals surface area contributed by atoms with Crippen LogP contribution in [0.1, 0.15) is 59.1 Å². The van der Waals surface area contributed by atoms with Gasteiger partial charge in [-0.2, -0.15) is 0 Å². The van der Waals surface area contributed by atoms with Crippen molar-refractivity contribution >= 4 is 23.2 Å². The van der Waals surface area contributed by atoms with Gasteiger partial charge in [0.05, 0.1) is 10.8 Å². The zero-order chi connectivity index (χ0) is 15.2. The molecule has 4 nitrogen and oxygen atoms in total. The largest absolute Gasteiger partial charge is 0.481 e. The molecule has 0 saturated carbocycles. The lowest BCUT2D eigenvalue weighted by molar-refractivity contribution is -0.141. The minimum absolute atomic E-state index is 0.129. The third-order valence-electron chi connectivity index (χ3n) is 3.97. The molecular formula is C16H23NO3S. The van der Waals surface area contributed by atoms with Crippen LogP contribution >= 0.6 is 11.3 Å². The number of hydrogen-bond donors (Lipinski definition) is 2. The molecule has 1 aliphatic rings. The van der Waals surface area contributed by atoms with Gasteiger partial charge in [0.25, 0.3) is 5.91 Å². The highest BCUT2D eigenvalue weighted by molar-refractivity contribution is 7.14. The molecule has 1 aromatic heterocycles. The van der Waals surface area contributed by atoms with E-state index in [1.807, 2.05) is 13.0 Å². The van der Waals surface area contributed by atoms with Gasteiger partial charge in [0, 0.05) is 11.4 Å². The molecule has 1 aromatic rings. The molecule has 0 saturated heterocycles. The number of nitrogens with one attached hydrogen (secondary N) is 1. The summed E-state index contributed by atoms with van der Waals surface area (Å²) in [6, 6.07) is 2.00. The molecule has 1 amide bonds. The summed E-state index contributed by atoms with van der Waals surface area (Å²) in [6.45, 7) is 2.17. The number of carbonyl (C=O) groups excluding carboxylic acids is 1. The first-order valence-electron chi connectivity index (χ1n) is 7.74. The highest BCUT2D eigenvalue weighted by atomic mass is 32.1. The van der Waals surface area contributed by atoms with Crippen molar-refractivity contribution in [3.8, 4) is 0 Å². The number of thiophene rings is 1. The molecule has 2 N–H and O–H groups in total. The van der Waals surface area contributed by atoms with Crippen LogP contribution in [0.25, 0.3) is 0 Å². The van der Waals surface area contributed by atoms with Crippen molar-refractivity contribution in [2.24, 2.45) is 5.92 Å². The highest BCUT2D eigenvalue weighted by Crippen LogP contribution is 2.28. The Labute approximate surface area is 129 Å². The first-order valence-corrected chi connectivity index (χ1v) is 8.56. The van der Waals surface area contributed by atoms with E-state index in [2.05, 4.69) is 5.32 Å². The number of rotatable bonds is 6. The number of carboxylic acids is 1. The van der Waals surface area contributed by atoms with E-state index in [-0.39, 0.29) is 12.5 Å². The van der Waals surface area contributed by atoms with Gasteiger partial charge in [-0.25, -0.2) is 0 Å². The first kappa shape index (κ1) is 16.0. The fourth-order valence-electron chi connectivity index (χ4n) is 2.74. The maximum absolute atomic E-state index is 12.2. The van der Waals surface area contributed by atoms with Crippen molar-refractivity contribution in [1.29, 1.82) is 0 Å². The molecule has 0 spiro atoms. The van der Waals surface area contributed by atoms with E-state index in [4.69, 9.17) is 5.11 Å². The minimum Gasteiger partial charge on any atom is -0.481 e. The van der Waals surface area contributed by atoms with Crippen molar-refractivity contribution in [3.05, 3.63) is 21.4 Å². The van der Waals surface area contributed by atoms with E-state index in [9.17, 15) is 9.59 Å². The van der Waals surface area contributed by atoms with E-state index in [1.54, 1.807) is 11.3 Å². The lowest BCUT2D eigenvalue weighted by Crippen LogP contribution is -2.32. The van der Waals surface area contributed by atoms with E-state index in [0.29, 0.717) is 6.42 Å². The average molecular weight is 309 g/mol. The van der Waals surface area contributed by atoms with Crippen LogP contribution in [0.4, 0.5) is 0 Å². The molecule has 0 radical (unpaired) electrons. The Morgan fingerprint density at radius 1 is 1.33 bits per heavy atom. The van der Waals surface area contributed by atoms with E-state index < -0.39 is 11.9 Å². The van der Waals surface area contributed by atoms with Crippen LogP contribution in [0, 0.1) is 5.92 Å². The van der Waals surface area contributed by atoms with Gasteiger partial charge >= 0.3 is 5.97 Å². The first-order chi connectivity index (χ1) is 10.1. The van der Waals surface area contributed by atoms with Gasteiger partial charge in [-0.1, -0.05) is 19.8 Å². The number of carbonyl (C=O) groups is 2. The maximum atomic E-state index is 12.2. The van der Waals surface area contributed by atoms with Crippen LogP contribution < -0.4 is 5.32 Å². The average Bonchev–Trinajstić information content (AvgIpc) is 2.74. The van der Waals surface area contributed by atoms with E-state index in [1.165, 1.54) is 29.7 Å². The van der Waals surface area contributed by atoms with Gasteiger partial charge in [-0.05, 0) is 43.7 Å². The van der Waals surface area contributed by atoms with Gasteiger partial charge in [0.15, 0.2) is 0 Å². The fraction of sp³-hybridized carbons (Fsp3) is 0.625. The second kappa shape index (κ2) is 7.59. The smallest absolute Gasteiger partial charge is 0.308 e. The number of carboxylic acid groups (broad SMARTS) is 1. The Morgan fingerprint density at radius 3 is 2.81 bits per heavy atom. The van der Waals surface area contributed by atoms with Gasteiger partial charge < -0.3 is 10.4 Å². The van der Waals surface area contributed by atoms with Gasteiger partial charge in [0.2, 0.25) is 0 Å². The predicted molar refractivity (Wildman–Crippen MR) is 83.9 cm³/mol. The summed E-state index contributed by atoms with van der Waals surface area (Å²) in [4.78, 5) is 25.3. The Kier molecular flexibility index (Phi) is 5.79. The molecule has 1 heterocycles. The summed E-state index contributed by atoms with van der Waals surface area (Å²) < 4.78 is 0. The molecule has 0 aromatic carbocycles. The normalized spacial score (nSPS) is 15.9. The van der Waals surface area contributed by atoms with Crippen LogP contribution in [0.2, 0.25) is 0 Å². The SMILES string of the molecule is CCCC(CNC(=O)c1cc2c(s1)CCCCC2)C(=O)O. The number of aliphatic carboxylic acids is 1. The predicted octanol–water partition coefficient (Wildman–Crippen LogP) is 3.25. The molecule has 1 unspecified atom stereocenters. The van der Waals surface area contributed by atoms with Crippen LogP contribution in [0.5, 0.6) is 0 Å². The Hall–Kier alpha value is -1.36. The fourth-order valence-corrected chi connectivity index (χ4v) is 3.91.